The number of hydrogen-bond acceptors (Lipinski definition) is 2. The van der Waals surface area contributed by atoms with Gasteiger partial charge in [0.25, 0.3) is 5.91 Å². The van der Waals surface area contributed by atoms with Crippen molar-refractivity contribution in [2.75, 3.05) is 24.5 Å². The van der Waals surface area contributed by atoms with Crippen molar-refractivity contribution in [1.29, 1.82) is 0 Å². The van der Waals surface area contributed by atoms with E-state index in [1.807, 2.05) is 49.4 Å². The Kier molecular flexibility index (Phi) is 5.00. The van der Waals surface area contributed by atoms with Crippen molar-refractivity contribution in [2.24, 2.45) is 0 Å². The highest BCUT2D eigenvalue weighted by Gasteiger charge is 2.20. The van der Waals surface area contributed by atoms with E-state index in [2.05, 4.69) is 22.5 Å². The van der Waals surface area contributed by atoms with E-state index in [-0.39, 0.29) is 18.5 Å². The van der Waals surface area contributed by atoms with Crippen LogP contribution in [0.25, 0.3) is 0 Å². The molecule has 0 saturated carbocycles. The van der Waals surface area contributed by atoms with E-state index in [1.54, 1.807) is 11.0 Å². The van der Waals surface area contributed by atoms with Crippen molar-refractivity contribution in [3.8, 4) is 11.8 Å². The van der Waals surface area contributed by atoms with Gasteiger partial charge in [0.1, 0.15) is 0 Å². The van der Waals surface area contributed by atoms with Crippen LogP contribution in [0.5, 0.6) is 0 Å². The van der Waals surface area contributed by atoms with E-state index in [0.29, 0.717) is 18.7 Å². The highest BCUT2D eigenvalue weighted by Crippen LogP contribution is 2.16. The van der Waals surface area contributed by atoms with Gasteiger partial charge in [-0.3, -0.25) is 9.69 Å². The number of benzene rings is 2. The average molecular weight is 333 g/mol. The number of hydrogen-bond donors (Lipinski definition) is 2. The predicted molar refractivity (Wildman–Crippen MR) is 97.6 cm³/mol. The number of rotatable bonds is 3. The van der Waals surface area contributed by atoms with Crippen LogP contribution in [0.2, 0.25) is 0 Å². The molecule has 5 heteroatoms. The van der Waals surface area contributed by atoms with E-state index in [9.17, 15) is 9.59 Å². The summed E-state index contributed by atoms with van der Waals surface area (Å²) in [6.45, 7) is 3.57. The van der Waals surface area contributed by atoms with Crippen LogP contribution in [-0.2, 0) is 0 Å². The topological polar surface area (TPSA) is 61.4 Å². The quantitative estimate of drug-likeness (QED) is 0.847. The third-order valence-electron chi connectivity index (χ3n) is 3.89. The highest BCUT2D eigenvalue weighted by molar-refractivity contribution is 5.94. The summed E-state index contributed by atoms with van der Waals surface area (Å²) in [6, 6.07) is 14.9. The zero-order valence-electron chi connectivity index (χ0n) is 14.0. The second-order valence-electron chi connectivity index (χ2n) is 5.78. The van der Waals surface area contributed by atoms with E-state index in [4.69, 9.17) is 0 Å². The Morgan fingerprint density at radius 2 is 2.04 bits per heavy atom. The number of amides is 3. The van der Waals surface area contributed by atoms with E-state index in [1.165, 1.54) is 0 Å². The van der Waals surface area contributed by atoms with Crippen molar-refractivity contribution in [1.82, 2.24) is 10.6 Å². The summed E-state index contributed by atoms with van der Waals surface area (Å²) < 4.78 is 0. The molecular formula is C20H19N3O2. The smallest absolute Gasteiger partial charge is 0.321 e. The minimum Gasteiger partial charge on any atom is -0.341 e. The Bertz CT molecular complexity index is 847. The average Bonchev–Trinajstić information content (AvgIpc) is 3.05. The van der Waals surface area contributed by atoms with Gasteiger partial charge in [-0.2, -0.15) is 0 Å². The molecule has 25 heavy (non-hydrogen) atoms. The van der Waals surface area contributed by atoms with Crippen LogP contribution < -0.4 is 15.5 Å². The van der Waals surface area contributed by atoms with Crippen LogP contribution in [0.15, 0.2) is 48.5 Å². The Morgan fingerprint density at radius 1 is 1.24 bits per heavy atom. The third kappa shape index (κ3) is 4.18. The normalized spacial score (nSPS) is 13.0. The first-order valence-corrected chi connectivity index (χ1v) is 8.13. The zero-order chi connectivity index (χ0) is 17.6. The van der Waals surface area contributed by atoms with Gasteiger partial charge in [0.15, 0.2) is 0 Å². The summed E-state index contributed by atoms with van der Waals surface area (Å²) in [7, 11) is 0. The Morgan fingerprint density at radius 3 is 2.72 bits per heavy atom. The summed E-state index contributed by atoms with van der Waals surface area (Å²) in [5.74, 6) is 5.82. The fourth-order valence-corrected chi connectivity index (χ4v) is 2.60. The van der Waals surface area contributed by atoms with Crippen LogP contribution in [0.3, 0.4) is 0 Å². The van der Waals surface area contributed by atoms with Gasteiger partial charge >= 0.3 is 6.03 Å². The second kappa shape index (κ2) is 7.54. The molecule has 2 aromatic carbocycles. The molecule has 2 aromatic rings. The molecule has 0 aliphatic carbocycles. The van der Waals surface area contributed by atoms with E-state index < -0.39 is 0 Å². The van der Waals surface area contributed by atoms with Crippen LogP contribution in [0.4, 0.5) is 10.5 Å². The summed E-state index contributed by atoms with van der Waals surface area (Å²) >= 11 is 0. The lowest BCUT2D eigenvalue weighted by atomic mass is 10.1. The maximum absolute atomic E-state index is 12.0. The number of anilines is 1. The molecule has 1 saturated heterocycles. The summed E-state index contributed by atoms with van der Waals surface area (Å²) in [6.07, 6.45) is 0. The molecule has 1 aliphatic rings. The standard InChI is InChI=1S/C20H19N3O2/c1-15-4-2-6-17(14-15)19(24)21-11-3-5-16-7-9-18(10-8-16)23-13-12-22-20(23)25/h2,4,6-10,14H,11-13H2,1H3,(H,21,24)(H,22,25). The van der Waals surface area contributed by atoms with Crippen LogP contribution >= 0.6 is 0 Å². The number of aryl methyl sites for hydroxylation is 1. The molecule has 126 valence electrons. The molecule has 0 aromatic heterocycles. The fraction of sp³-hybridized carbons (Fsp3) is 0.200. The Labute approximate surface area is 147 Å². The van der Waals surface area contributed by atoms with Crippen molar-refractivity contribution in [2.45, 2.75) is 6.92 Å². The zero-order valence-corrected chi connectivity index (χ0v) is 14.0. The lowest BCUT2D eigenvalue weighted by molar-refractivity contribution is 0.0958. The third-order valence-corrected chi connectivity index (χ3v) is 3.89. The molecule has 1 heterocycles. The van der Waals surface area contributed by atoms with Crippen LogP contribution in [-0.4, -0.2) is 31.6 Å². The highest BCUT2D eigenvalue weighted by atomic mass is 16.2. The number of carbonyl (C=O) groups is 2. The maximum Gasteiger partial charge on any atom is 0.321 e. The molecule has 0 unspecified atom stereocenters. The number of carbonyl (C=O) groups excluding carboxylic acids is 2. The molecule has 2 N–H and O–H groups in total. The monoisotopic (exact) mass is 333 g/mol. The Hall–Kier alpha value is -3.26. The van der Waals surface area contributed by atoms with Gasteiger partial charge in [0.05, 0.1) is 6.54 Å². The molecule has 3 amide bonds. The maximum atomic E-state index is 12.0. The van der Waals surface area contributed by atoms with Gasteiger partial charge in [0.2, 0.25) is 0 Å². The molecule has 0 bridgehead atoms. The van der Waals surface area contributed by atoms with Crippen LogP contribution in [0, 0.1) is 18.8 Å². The number of urea groups is 1. The number of nitrogens with one attached hydrogen (secondary N) is 2. The van der Waals surface area contributed by atoms with Gasteiger partial charge < -0.3 is 10.6 Å². The Balaban J connectivity index is 1.55. The minimum atomic E-state index is -0.131. The lowest BCUT2D eigenvalue weighted by Gasteiger charge is -2.13. The SMILES string of the molecule is Cc1cccc(C(=O)NCC#Cc2ccc(N3CCNC3=O)cc2)c1. The summed E-state index contributed by atoms with van der Waals surface area (Å²) in [5, 5.41) is 5.56. The first-order valence-electron chi connectivity index (χ1n) is 8.13. The van der Waals surface area contributed by atoms with Gasteiger partial charge in [0, 0.05) is 29.9 Å². The van der Waals surface area contributed by atoms with Crippen molar-refractivity contribution in [3.63, 3.8) is 0 Å². The molecule has 5 nitrogen and oxygen atoms in total. The predicted octanol–water partition coefficient (Wildman–Crippen LogP) is 2.31. The molecule has 1 fully saturated rings. The summed E-state index contributed by atoms with van der Waals surface area (Å²) in [4.78, 5) is 25.3. The van der Waals surface area contributed by atoms with Crippen molar-refractivity contribution >= 4 is 17.6 Å². The first-order chi connectivity index (χ1) is 12.1. The van der Waals surface area contributed by atoms with Crippen molar-refractivity contribution in [3.05, 3.63) is 65.2 Å². The minimum absolute atomic E-state index is 0.0716. The molecule has 3 rings (SSSR count). The molecule has 0 atom stereocenters. The van der Waals surface area contributed by atoms with Gasteiger partial charge in [-0.05, 0) is 43.3 Å². The molecule has 0 spiro atoms. The van der Waals surface area contributed by atoms with E-state index in [0.717, 1.165) is 16.8 Å². The van der Waals surface area contributed by atoms with Gasteiger partial charge in [-0.1, -0.05) is 29.5 Å². The van der Waals surface area contributed by atoms with Crippen LogP contribution in [0.1, 0.15) is 21.5 Å². The fourth-order valence-electron chi connectivity index (χ4n) is 2.60. The molecular weight excluding hydrogens is 314 g/mol. The number of nitrogens with zero attached hydrogens (tertiary/aromatic N) is 1. The van der Waals surface area contributed by atoms with Crippen molar-refractivity contribution < 1.29 is 9.59 Å². The largest absolute Gasteiger partial charge is 0.341 e. The van der Waals surface area contributed by atoms with Gasteiger partial charge in [-0.15, -0.1) is 0 Å². The lowest BCUT2D eigenvalue weighted by Crippen LogP contribution is -2.27. The van der Waals surface area contributed by atoms with Gasteiger partial charge in [-0.25, -0.2) is 4.79 Å². The first kappa shape index (κ1) is 16.6. The van der Waals surface area contributed by atoms with E-state index >= 15 is 0 Å². The molecule has 1 aliphatic heterocycles. The molecule has 0 radical (unpaired) electrons. The second-order valence-corrected chi connectivity index (χ2v) is 5.78. The summed E-state index contributed by atoms with van der Waals surface area (Å²) in [5.41, 5.74) is 3.38.